The first-order valence-electron chi connectivity index (χ1n) is 12.2. The minimum Gasteiger partial charge on any atom is -0.370 e. The molecule has 3 heterocycles. The van der Waals surface area contributed by atoms with E-state index in [1.165, 1.54) is 6.07 Å². The fourth-order valence-corrected chi connectivity index (χ4v) is 5.35. The van der Waals surface area contributed by atoms with Gasteiger partial charge in [0.2, 0.25) is 0 Å². The number of carbonyl (C=O) groups is 1. The number of likely N-dealkylation sites (tertiary alicyclic amines) is 1. The molecule has 2 saturated heterocycles. The third-order valence-corrected chi connectivity index (χ3v) is 7.28. The molecule has 34 heavy (non-hydrogen) atoms. The van der Waals surface area contributed by atoms with E-state index in [1.807, 2.05) is 50.2 Å². The predicted molar refractivity (Wildman–Crippen MR) is 131 cm³/mol. The highest BCUT2D eigenvalue weighted by atomic mass is 19.1. The van der Waals surface area contributed by atoms with Crippen molar-refractivity contribution in [1.82, 2.24) is 15.2 Å². The highest BCUT2D eigenvalue weighted by Gasteiger charge is 2.42. The molecule has 2 aliphatic heterocycles. The number of amides is 1. The van der Waals surface area contributed by atoms with Crippen molar-refractivity contribution < 1.29 is 13.9 Å². The summed E-state index contributed by atoms with van der Waals surface area (Å²) in [5.41, 5.74) is 4.09. The molecule has 5 nitrogen and oxygen atoms in total. The molecule has 2 aliphatic rings. The van der Waals surface area contributed by atoms with Crippen molar-refractivity contribution in [3.05, 3.63) is 76.7 Å². The summed E-state index contributed by atoms with van der Waals surface area (Å²) < 4.78 is 20.5. The van der Waals surface area contributed by atoms with Gasteiger partial charge in [-0.1, -0.05) is 29.8 Å². The quantitative estimate of drug-likeness (QED) is 0.585. The molecule has 2 fully saturated rings. The van der Waals surface area contributed by atoms with Crippen molar-refractivity contribution in [3.63, 3.8) is 0 Å². The number of piperidine rings is 1. The molecule has 1 unspecified atom stereocenters. The van der Waals surface area contributed by atoms with Crippen molar-refractivity contribution in [2.24, 2.45) is 0 Å². The van der Waals surface area contributed by atoms with Gasteiger partial charge in [0, 0.05) is 42.8 Å². The molecule has 2 aromatic carbocycles. The van der Waals surface area contributed by atoms with Crippen LogP contribution in [0.4, 0.5) is 4.39 Å². The van der Waals surface area contributed by atoms with Gasteiger partial charge in [-0.25, -0.2) is 4.39 Å². The van der Waals surface area contributed by atoms with E-state index in [9.17, 15) is 9.18 Å². The molecular formula is C28H32FN3O2. The zero-order valence-electron chi connectivity index (χ0n) is 19.9. The van der Waals surface area contributed by atoms with E-state index >= 15 is 0 Å². The molecule has 3 aromatic rings. The SMILES string of the molecule is Cc1ccc2nc(C)cc(C(=O)NCC3CCC4(CCN(Cc5ccccc5F)CC4)O3)c2c1. The molecule has 1 atom stereocenters. The van der Waals surface area contributed by atoms with Gasteiger partial charge in [-0.15, -0.1) is 0 Å². The molecule has 0 bridgehead atoms. The molecule has 6 heteroatoms. The van der Waals surface area contributed by atoms with Crippen LogP contribution in [-0.2, 0) is 11.3 Å². The number of hydrogen-bond acceptors (Lipinski definition) is 4. The normalized spacial score (nSPS) is 20.1. The average molecular weight is 462 g/mol. The van der Waals surface area contributed by atoms with Gasteiger partial charge in [0.1, 0.15) is 5.82 Å². The molecule has 1 amide bonds. The van der Waals surface area contributed by atoms with E-state index in [0.29, 0.717) is 18.7 Å². The fourth-order valence-electron chi connectivity index (χ4n) is 5.35. The summed E-state index contributed by atoms with van der Waals surface area (Å²) in [4.78, 5) is 19.9. The second-order valence-corrected chi connectivity index (χ2v) is 9.87. The summed E-state index contributed by atoms with van der Waals surface area (Å²) in [5, 5.41) is 3.99. The van der Waals surface area contributed by atoms with E-state index in [4.69, 9.17) is 4.74 Å². The van der Waals surface area contributed by atoms with Crippen molar-refractivity contribution in [2.75, 3.05) is 19.6 Å². The first-order valence-corrected chi connectivity index (χ1v) is 12.2. The highest BCUT2D eigenvalue weighted by molar-refractivity contribution is 6.06. The van der Waals surface area contributed by atoms with E-state index in [1.54, 1.807) is 6.07 Å². The largest absolute Gasteiger partial charge is 0.370 e. The summed E-state index contributed by atoms with van der Waals surface area (Å²) in [7, 11) is 0. The Morgan fingerprint density at radius 1 is 1.15 bits per heavy atom. The monoisotopic (exact) mass is 461 g/mol. The summed E-state index contributed by atoms with van der Waals surface area (Å²) in [6.45, 7) is 6.88. The molecular weight excluding hydrogens is 429 g/mol. The number of halogens is 1. The zero-order chi connectivity index (χ0) is 23.7. The van der Waals surface area contributed by atoms with E-state index in [2.05, 4.69) is 15.2 Å². The van der Waals surface area contributed by atoms with Crippen LogP contribution in [0.3, 0.4) is 0 Å². The number of pyridine rings is 1. The number of nitrogens with zero attached hydrogens (tertiary/aromatic N) is 2. The van der Waals surface area contributed by atoms with Gasteiger partial charge in [-0.05, 0) is 63.8 Å². The topological polar surface area (TPSA) is 54.5 Å². The maximum Gasteiger partial charge on any atom is 0.252 e. The Morgan fingerprint density at radius 3 is 2.74 bits per heavy atom. The summed E-state index contributed by atoms with van der Waals surface area (Å²) in [6, 6.07) is 14.9. The number of hydrogen-bond donors (Lipinski definition) is 1. The third kappa shape index (κ3) is 4.84. The van der Waals surface area contributed by atoms with Crippen LogP contribution in [0, 0.1) is 19.7 Å². The van der Waals surface area contributed by atoms with Gasteiger partial charge >= 0.3 is 0 Å². The second kappa shape index (κ2) is 9.43. The lowest BCUT2D eigenvalue weighted by atomic mass is 9.88. The van der Waals surface area contributed by atoms with Crippen LogP contribution in [0.2, 0.25) is 0 Å². The smallest absolute Gasteiger partial charge is 0.252 e. The van der Waals surface area contributed by atoms with Crippen molar-refractivity contribution in [3.8, 4) is 0 Å². The Balaban J connectivity index is 1.16. The van der Waals surface area contributed by atoms with Crippen LogP contribution in [0.1, 0.15) is 52.9 Å². The van der Waals surface area contributed by atoms with Crippen molar-refractivity contribution in [1.29, 1.82) is 0 Å². The Kier molecular flexibility index (Phi) is 6.36. The number of rotatable bonds is 5. The number of aryl methyl sites for hydroxylation is 2. The number of aromatic nitrogens is 1. The lowest BCUT2D eigenvalue weighted by molar-refractivity contribution is -0.0765. The van der Waals surface area contributed by atoms with Gasteiger partial charge in [0.05, 0.1) is 22.8 Å². The molecule has 5 rings (SSSR count). The predicted octanol–water partition coefficient (Wildman–Crippen LogP) is 4.93. The van der Waals surface area contributed by atoms with E-state index in [-0.39, 0.29) is 23.4 Å². The van der Waals surface area contributed by atoms with E-state index < -0.39 is 0 Å². The summed E-state index contributed by atoms with van der Waals surface area (Å²) in [5.74, 6) is -0.214. The molecule has 178 valence electrons. The average Bonchev–Trinajstić information content (AvgIpc) is 3.23. The Labute approximate surface area is 200 Å². The van der Waals surface area contributed by atoms with Gasteiger partial charge in [0.25, 0.3) is 5.91 Å². The number of ether oxygens (including phenoxy) is 1. The zero-order valence-corrected chi connectivity index (χ0v) is 19.9. The van der Waals surface area contributed by atoms with Crippen LogP contribution in [0.15, 0.2) is 48.5 Å². The molecule has 1 N–H and O–H groups in total. The number of fused-ring (bicyclic) bond motifs is 1. The van der Waals surface area contributed by atoms with Gasteiger partial charge in [0.15, 0.2) is 0 Å². The number of benzene rings is 2. The lowest BCUT2D eigenvalue weighted by Crippen LogP contribution is -2.45. The Bertz CT molecular complexity index is 1200. The molecule has 0 radical (unpaired) electrons. The summed E-state index contributed by atoms with van der Waals surface area (Å²) in [6.07, 6.45) is 3.87. The van der Waals surface area contributed by atoms with Crippen LogP contribution >= 0.6 is 0 Å². The van der Waals surface area contributed by atoms with Crippen LogP contribution in [0.25, 0.3) is 10.9 Å². The first kappa shape index (κ1) is 22.9. The van der Waals surface area contributed by atoms with Gasteiger partial charge in [-0.2, -0.15) is 0 Å². The van der Waals surface area contributed by atoms with Crippen LogP contribution < -0.4 is 5.32 Å². The first-order chi connectivity index (χ1) is 16.4. The maximum absolute atomic E-state index is 14.0. The second-order valence-electron chi connectivity index (χ2n) is 9.87. The minimum atomic E-state index is -0.136. The Hall–Kier alpha value is -2.83. The van der Waals surface area contributed by atoms with Crippen molar-refractivity contribution >= 4 is 16.8 Å². The third-order valence-electron chi connectivity index (χ3n) is 7.28. The van der Waals surface area contributed by atoms with E-state index in [0.717, 1.165) is 66.5 Å². The number of carbonyl (C=O) groups excluding carboxylic acids is 1. The molecule has 1 spiro atoms. The van der Waals surface area contributed by atoms with Crippen molar-refractivity contribution in [2.45, 2.75) is 57.8 Å². The minimum absolute atomic E-state index is 0.0259. The standard InChI is InChI=1S/C28H32FN3O2/c1-19-7-8-26-23(15-19)24(16-20(2)31-26)27(33)30-17-22-9-10-28(34-22)11-13-32(14-12-28)18-21-5-3-4-6-25(21)29/h3-8,15-16,22H,9-14,17-18H2,1-2H3,(H,30,33). The summed E-state index contributed by atoms with van der Waals surface area (Å²) >= 11 is 0. The van der Waals surface area contributed by atoms with Crippen LogP contribution in [0.5, 0.6) is 0 Å². The Morgan fingerprint density at radius 2 is 1.94 bits per heavy atom. The number of nitrogens with one attached hydrogen (secondary N) is 1. The fraction of sp³-hybridized carbons (Fsp3) is 0.429. The maximum atomic E-state index is 14.0. The lowest BCUT2D eigenvalue weighted by Gasteiger charge is -2.39. The molecule has 1 aromatic heterocycles. The van der Waals surface area contributed by atoms with Gasteiger partial charge < -0.3 is 10.1 Å². The molecule has 0 saturated carbocycles. The van der Waals surface area contributed by atoms with Crippen LogP contribution in [-0.4, -0.2) is 47.1 Å². The highest BCUT2D eigenvalue weighted by Crippen LogP contribution is 2.39. The molecule has 0 aliphatic carbocycles. The van der Waals surface area contributed by atoms with Gasteiger partial charge in [-0.3, -0.25) is 14.7 Å².